The maximum absolute atomic E-state index is 13.4. The molecular weight excluding hydrogens is 454 g/mol. The normalized spacial score (nSPS) is 21.0. The lowest BCUT2D eigenvalue weighted by atomic mass is 10.2. The Kier molecular flexibility index (Phi) is 6.40. The summed E-state index contributed by atoms with van der Waals surface area (Å²) in [6.07, 6.45) is 5.94. The van der Waals surface area contributed by atoms with Gasteiger partial charge in [0.25, 0.3) is 5.91 Å². The van der Waals surface area contributed by atoms with Crippen molar-refractivity contribution in [3.8, 4) is 5.69 Å². The number of hydrogen-bond acceptors (Lipinski definition) is 4. The summed E-state index contributed by atoms with van der Waals surface area (Å²) in [5.41, 5.74) is 3.71. The predicted molar refractivity (Wildman–Crippen MR) is 135 cm³/mol. The third kappa shape index (κ3) is 4.78. The van der Waals surface area contributed by atoms with E-state index in [0.717, 1.165) is 42.1 Å². The lowest BCUT2D eigenvalue weighted by Crippen LogP contribution is -2.36. The zero-order valence-electron chi connectivity index (χ0n) is 18.3. The van der Waals surface area contributed by atoms with Gasteiger partial charge in [-0.3, -0.25) is 9.69 Å². The van der Waals surface area contributed by atoms with Gasteiger partial charge in [-0.15, -0.1) is 0 Å². The number of hydrogen-bond donors (Lipinski definition) is 0. The average Bonchev–Trinajstić information content (AvgIpc) is 3.56. The Hall–Kier alpha value is -2.80. The molecule has 2 fully saturated rings. The number of rotatable bonds is 5. The van der Waals surface area contributed by atoms with Crippen LogP contribution in [0, 0.1) is 6.92 Å². The molecule has 33 heavy (non-hydrogen) atoms. The molecule has 7 heteroatoms. The van der Waals surface area contributed by atoms with Crippen molar-refractivity contribution >= 4 is 46.2 Å². The molecule has 2 aromatic carbocycles. The van der Waals surface area contributed by atoms with E-state index in [9.17, 15) is 4.79 Å². The van der Waals surface area contributed by atoms with Crippen molar-refractivity contribution in [3.63, 3.8) is 0 Å². The Bertz CT molecular complexity index is 1230. The Morgan fingerprint density at radius 2 is 2.03 bits per heavy atom. The maximum atomic E-state index is 13.4. The number of halogens is 1. The summed E-state index contributed by atoms with van der Waals surface area (Å²) in [5.74, 6) is -0.0418. The molecule has 5 rings (SSSR count). The van der Waals surface area contributed by atoms with Crippen molar-refractivity contribution < 1.29 is 9.53 Å². The molecule has 2 aliphatic rings. The summed E-state index contributed by atoms with van der Waals surface area (Å²) < 4.78 is 7.84. The van der Waals surface area contributed by atoms with E-state index in [0.29, 0.717) is 21.6 Å². The third-order valence-electron chi connectivity index (χ3n) is 5.77. The highest BCUT2D eigenvalue weighted by Gasteiger charge is 2.36. The van der Waals surface area contributed by atoms with Crippen LogP contribution in [0.3, 0.4) is 0 Å². The summed E-state index contributed by atoms with van der Waals surface area (Å²) in [5, 5.41) is 1.40. The van der Waals surface area contributed by atoms with E-state index in [-0.39, 0.29) is 12.0 Å². The topological polar surface area (TPSA) is 46.8 Å². The number of thioether (sulfide) groups is 1. The number of benzene rings is 2. The van der Waals surface area contributed by atoms with E-state index >= 15 is 0 Å². The van der Waals surface area contributed by atoms with E-state index in [1.165, 1.54) is 11.8 Å². The number of aliphatic imine (C=N–C) groups is 1. The van der Waals surface area contributed by atoms with Crippen molar-refractivity contribution in [2.45, 2.75) is 25.9 Å². The van der Waals surface area contributed by atoms with E-state index < -0.39 is 0 Å². The van der Waals surface area contributed by atoms with E-state index in [4.69, 9.17) is 21.3 Å². The Balaban J connectivity index is 1.48. The second-order valence-corrected chi connectivity index (χ2v) is 9.54. The van der Waals surface area contributed by atoms with Crippen LogP contribution in [-0.4, -0.2) is 39.8 Å². The fourth-order valence-electron chi connectivity index (χ4n) is 3.97. The molecular formula is C26H24ClN3O2S. The van der Waals surface area contributed by atoms with Crippen LogP contribution >= 0.6 is 23.4 Å². The molecule has 0 unspecified atom stereocenters. The SMILES string of the molecule is Cc1ccc(-n2cccc2/C=C2\SC(=Nc3ccccc3)N(C[C@@H]3CCCO3)C2=O)cc1Cl. The summed E-state index contributed by atoms with van der Waals surface area (Å²) in [7, 11) is 0. The fourth-order valence-corrected chi connectivity index (χ4v) is 5.14. The van der Waals surface area contributed by atoms with Crippen LogP contribution in [0.2, 0.25) is 5.02 Å². The Morgan fingerprint density at radius 3 is 2.79 bits per heavy atom. The van der Waals surface area contributed by atoms with Crippen molar-refractivity contribution in [3.05, 3.63) is 88.0 Å². The Labute approximate surface area is 202 Å². The second-order valence-electron chi connectivity index (χ2n) is 8.13. The largest absolute Gasteiger partial charge is 0.376 e. The number of carbonyl (C=O) groups is 1. The van der Waals surface area contributed by atoms with Crippen LogP contribution in [0.1, 0.15) is 24.1 Å². The van der Waals surface area contributed by atoms with Crippen LogP contribution in [0.4, 0.5) is 5.69 Å². The van der Waals surface area contributed by atoms with Crippen LogP contribution in [-0.2, 0) is 9.53 Å². The first-order valence-corrected chi connectivity index (χ1v) is 12.2. The van der Waals surface area contributed by atoms with Crippen molar-refractivity contribution in [1.82, 2.24) is 9.47 Å². The zero-order chi connectivity index (χ0) is 22.8. The summed E-state index contributed by atoms with van der Waals surface area (Å²) in [4.78, 5) is 20.6. The van der Waals surface area contributed by atoms with E-state index in [2.05, 4.69) is 0 Å². The predicted octanol–water partition coefficient (Wildman–Crippen LogP) is 6.22. The fraction of sp³-hybridized carbons (Fsp3) is 0.231. The van der Waals surface area contributed by atoms with Gasteiger partial charge in [0.05, 0.1) is 23.2 Å². The minimum atomic E-state index is -0.0418. The van der Waals surface area contributed by atoms with Crippen LogP contribution in [0.25, 0.3) is 11.8 Å². The smallest absolute Gasteiger partial charge is 0.266 e. The first-order chi connectivity index (χ1) is 16.1. The summed E-state index contributed by atoms with van der Waals surface area (Å²) in [6.45, 7) is 3.25. The number of amidine groups is 1. The monoisotopic (exact) mass is 477 g/mol. The van der Waals surface area contributed by atoms with Gasteiger partial charge < -0.3 is 9.30 Å². The molecule has 168 valence electrons. The minimum Gasteiger partial charge on any atom is -0.376 e. The summed E-state index contributed by atoms with van der Waals surface area (Å²) >= 11 is 7.76. The number of ether oxygens (including phenoxy) is 1. The number of aryl methyl sites for hydroxylation is 1. The number of aromatic nitrogens is 1. The molecule has 1 atom stereocenters. The van der Waals surface area contributed by atoms with Crippen LogP contribution in [0.15, 0.2) is 76.8 Å². The van der Waals surface area contributed by atoms with Crippen LogP contribution < -0.4 is 0 Å². The maximum Gasteiger partial charge on any atom is 0.266 e. The molecule has 0 saturated carbocycles. The Morgan fingerprint density at radius 1 is 1.18 bits per heavy atom. The quantitative estimate of drug-likeness (QED) is 0.410. The lowest BCUT2D eigenvalue weighted by molar-refractivity contribution is -0.123. The minimum absolute atomic E-state index is 0.0418. The third-order valence-corrected chi connectivity index (χ3v) is 7.19. The zero-order valence-corrected chi connectivity index (χ0v) is 19.9. The highest BCUT2D eigenvalue weighted by Crippen LogP contribution is 2.35. The number of amides is 1. The number of nitrogens with zero attached hydrogens (tertiary/aromatic N) is 3. The van der Waals surface area contributed by atoms with Crippen LogP contribution in [0.5, 0.6) is 0 Å². The average molecular weight is 478 g/mol. The molecule has 1 aromatic heterocycles. The van der Waals surface area contributed by atoms with Gasteiger partial charge in [0, 0.05) is 29.2 Å². The molecule has 0 radical (unpaired) electrons. The van der Waals surface area contributed by atoms with Gasteiger partial charge in [-0.25, -0.2) is 4.99 Å². The molecule has 3 heterocycles. The first-order valence-electron chi connectivity index (χ1n) is 11.0. The lowest BCUT2D eigenvalue weighted by Gasteiger charge is -2.19. The van der Waals surface area contributed by atoms with Gasteiger partial charge in [0.2, 0.25) is 0 Å². The molecule has 1 amide bonds. The standard InChI is InChI=1S/C26H24ClN3O2S/c1-18-11-12-21(15-23(18)27)29-13-5-9-20(29)16-24-25(31)30(17-22-10-6-14-32-22)26(33-24)28-19-7-3-2-4-8-19/h2-5,7-9,11-13,15-16,22H,6,10,14,17H2,1H3/b24-16-,28-26?/t22-/m0/s1. The van der Waals surface area contributed by atoms with Crippen molar-refractivity contribution in [2.75, 3.05) is 13.2 Å². The van der Waals surface area contributed by atoms with E-state index in [1.54, 1.807) is 4.90 Å². The van der Waals surface area contributed by atoms with E-state index in [1.807, 2.05) is 84.4 Å². The van der Waals surface area contributed by atoms with Gasteiger partial charge in [0.15, 0.2) is 5.17 Å². The van der Waals surface area contributed by atoms with Gasteiger partial charge in [-0.05, 0) is 79.6 Å². The highest BCUT2D eigenvalue weighted by atomic mass is 35.5. The van der Waals surface area contributed by atoms with Gasteiger partial charge >= 0.3 is 0 Å². The molecule has 0 N–H and O–H groups in total. The first kappa shape index (κ1) is 22.0. The van der Waals surface area contributed by atoms with Crippen molar-refractivity contribution in [1.29, 1.82) is 0 Å². The summed E-state index contributed by atoms with van der Waals surface area (Å²) in [6, 6.07) is 19.7. The van der Waals surface area contributed by atoms with Gasteiger partial charge in [0.1, 0.15) is 0 Å². The molecule has 0 aliphatic carbocycles. The van der Waals surface area contributed by atoms with Gasteiger partial charge in [-0.2, -0.15) is 0 Å². The van der Waals surface area contributed by atoms with Crippen molar-refractivity contribution in [2.24, 2.45) is 4.99 Å². The second kappa shape index (κ2) is 9.59. The highest BCUT2D eigenvalue weighted by molar-refractivity contribution is 8.18. The molecule has 2 saturated heterocycles. The van der Waals surface area contributed by atoms with Gasteiger partial charge in [-0.1, -0.05) is 35.9 Å². The number of para-hydroxylation sites is 1. The molecule has 2 aliphatic heterocycles. The molecule has 3 aromatic rings. The number of carbonyl (C=O) groups excluding carboxylic acids is 1. The molecule has 0 bridgehead atoms. The molecule has 5 nitrogen and oxygen atoms in total. The molecule has 0 spiro atoms.